The van der Waals surface area contributed by atoms with Crippen molar-refractivity contribution in [2.45, 2.75) is 20.3 Å². The molecule has 2 amide bonds. The summed E-state index contributed by atoms with van der Waals surface area (Å²) >= 11 is 1.61. The number of piperazine rings is 1. The second-order valence-electron chi connectivity index (χ2n) is 6.25. The third kappa shape index (κ3) is 3.67. The molecule has 1 saturated heterocycles. The zero-order chi connectivity index (χ0) is 17.1. The van der Waals surface area contributed by atoms with E-state index in [1.54, 1.807) is 11.3 Å². The van der Waals surface area contributed by atoms with E-state index >= 15 is 0 Å². The molecule has 4 nitrogen and oxygen atoms in total. The fraction of sp³-hybridized carbons (Fsp3) is 0.368. The molecular formula is C19H22N2O2S. The number of carbonyl (C=O) groups is 2. The minimum Gasteiger partial charge on any atom is -0.339 e. The summed E-state index contributed by atoms with van der Waals surface area (Å²) in [5.41, 5.74) is 2.93. The molecule has 126 valence electrons. The summed E-state index contributed by atoms with van der Waals surface area (Å²) in [4.78, 5) is 29.8. The summed E-state index contributed by atoms with van der Waals surface area (Å²) in [6.07, 6.45) is 0.461. The van der Waals surface area contributed by atoms with Crippen molar-refractivity contribution in [3.05, 3.63) is 57.3 Å². The Hall–Kier alpha value is -2.14. The van der Waals surface area contributed by atoms with Gasteiger partial charge in [-0.05, 0) is 36.9 Å². The van der Waals surface area contributed by atoms with Crippen LogP contribution in [0.15, 0.2) is 35.7 Å². The molecule has 0 spiro atoms. The van der Waals surface area contributed by atoms with Crippen LogP contribution in [0.5, 0.6) is 0 Å². The first-order valence-electron chi connectivity index (χ1n) is 8.21. The van der Waals surface area contributed by atoms with E-state index in [-0.39, 0.29) is 11.8 Å². The van der Waals surface area contributed by atoms with Crippen molar-refractivity contribution in [2.24, 2.45) is 0 Å². The van der Waals surface area contributed by atoms with E-state index in [4.69, 9.17) is 0 Å². The molecule has 0 saturated carbocycles. The van der Waals surface area contributed by atoms with E-state index in [1.807, 2.05) is 59.4 Å². The smallest absolute Gasteiger partial charge is 0.254 e. The van der Waals surface area contributed by atoms with E-state index < -0.39 is 0 Å². The van der Waals surface area contributed by atoms with Crippen molar-refractivity contribution in [1.29, 1.82) is 0 Å². The maximum absolute atomic E-state index is 12.7. The first-order chi connectivity index (χ1) is 11.5. The number of hydrogen-bond acceptors (Lipinski definition) is 3. The highest BCUT2D eigenvalue weighted by Gasteiger charge is 2.25. The van der Waals surface area contributed by atoms with Crippen LogP contribution in [0.3, 0.4) is 0 Å². The quantitative estimate of drug-likeness (QED) is 0.860. The molecule has 1 aromatic heterocycles. The fourth-order valence-electron chi connectivity index (χ4n) is 3.06. The molecule has 1 aliphatic heterocycles. The zero-order valence-electron chi connectivity index (χ0n) is 14.1. The Morgan fingerprint density at radius 3 is 2.38 bits per heavy atom. The Bertz CT molecular complexity index is 732. The average Bonchev–Trinajstić information content (AvgIpc) is 3.07. The summed E-state index contributed by atoms with van der Waals surface area (Å²) < 4.78 is 0. The van der Waals surface area contributed by atoms with Crippen LogP contribution in [0.1, 0.15) is 26.4 Å². The monoisotopic (exact) mass is 342 g/mol. The number of nitrogens with zero attached hydrogens (tertiary/aromatic N) is 2. The molecule has 0 radical (unpaired) electrons. The van der Waals surface area contributed by atoms with Gasteiger partial charge in [0.2, 0.25) is 5.91 Å². The van der Waals surface area contributed by atoms with Crippen LogP contribution in [-0.2, 0) is 11.2 Å². The third-order valence-corrected chi connectivity index (χ3v) is 5.31. The highest BCUT2D eigenvalue weighted by molar-refractivity contribution is 7.10. The van der Waals surface area contributed by atoms with E-state index in [0.717, 1.165) is 21.6 Å². The molecule has 1 fully saturated rings. The second kappa shape index (κ2) is 7.18. The Balaban J connectivity index is 1.58. The predicted molar refractivity (Wildman–Crippen MR) is 96.4 cm³/mol. The average molecular weight is 342 g/mol. The van der Waals surface area contributed by atoms with Gasteiger partial charge in [-0.25, -0.2) is 0 Å². The van der Waals surface area contributed by atoms with Gasteiger partial charge in [0.1, 0.15) is 0 Å². The molecule has 1 aromatic carbocycles. The Morgan fingerprint density at radius 1 is 1.04 bits per heavy atom. The molecule has 0 bridgehead atoms. The van der Waals surface area contributed by atoms with Gasteiger partial charge in [0.05, 0.1) is 6.42 Å². The van der Waals surface area contributed by atoms with Gasteiger partial charge in [-0.1, -0.05) is 23.8 Å². The highest BCUT2D eigenvalue weighted by Crippen LogP contribution is 2.16. The number of aryl methyl sites for hydroxylation is 2. The van der Waals surface area contributed by atoms with Crippen LogP contribution in [0, 0.1) is 13.8 Å². The zero-order valence-corrected chi connectivity index (χ0v) is 14.9. The van der Waals surface area contributed by atoms with Gasteiger partial charge in [0.15, 0.2) is 0 Å². The molecule has 2 aromatic rings. The first-order valence-corrected chi connectivity index (χ1v) is 9.09. The molecule has 5 heteroatoms. The maximum Gasteiger partial charge on any atom is 0.254 e. The highest BCUT2D eigenvalue weighted by atomic mass is 32.1. The summed E-state index contributed by atoms with van der Waals surface area (Å²) in [5, 5.41) is 1.99. The standard InChI is InChI=1S/C19H22N2O2S/c1-14-5-6-17(15(2)12-14)19(23)21-9-7-20(8-10-21)18(22)13-16-4-3-11-24-16/h3-6,11-12H,7-10,13H2,1-2H3. The third-order valence-electron chi connectivity index (χ3n) is 4.44. The predicted octanol–water partition coefficient (Wildman–Crippen LogP) is 2.89. The molecule has 2 heterocycles. The van der Waals surface area contributed by atoms with Crippen LogP contribution >= 0.6 is 11.3 Å². The van der Waals surface area contributed by atoms with Crippen LogP contribution in [0.2, 0.25) is 0 Å². The molecule has 0 N–H and O–H groups in total. The van der Waals surface area contributed by atoms with E-state index in [0.29, 0.717) is 32.6 Å². The summed E-state index contributed by atoms with van der Waals surface area (Å²) in [7, 11) is 0. The molecule has 0 atom stereocenters. The van der Waals surface area contributed by atoms with Crippen molar-refractivity contribution in [1.82, 2.24) is 9.80 Å². The summed E-state index contributed by atoms with van der Waals surface area (Å²) in [6, 6.07) is 9.87. The maximum atomic E-state index is 12.7. The van der Waals surface area contributed by atoms with Crippen molar-refractivity contribution in [2.75, 3.05) is 26.2 Å². The van der Waals surface area contributed by atoms with Crippen LogP contribution in [0.4, 0.5) is 0 Å². The van der Waals surface area contributed by atoms with Crippen molar-refractivity contribution >= 4 is 23.2 Å². The molecule has 0 aliphatic carbocycles. The fourth-order valence-corrected chi connectivity index (χ4v) is 3.75. The Morgan fingerprint density at radius 2 is 1.75 bits per heavy atom. The summed E-state index contributed by atoms with van der Waals surface area (Å²) in [5.74, 6) is 0.217. The Kier molecular flexibility index (Phi) is 5.00. The van der Waals surface area contributed by atoms with Crippen molar-refractivity contribution < 1.29 is 9.59 Å². The Labute approximate surface area is 146 Å². The van der Waals surface area contributed by atoms with Gasteiger partial charge in [0.25, 0.3) is 5.91 Å². The number of thiophene rings is 1. The molecule has 3 rings (SSSR count). The first kappa shape index (κ1) is 16.7. The van der Waals surface area contributed by atoms with Gasteiger partial charge < -0.3 is 9.80 Å². The lowest BCUT2D eigenvalue weighted by molar-refractivity contribution is -0.131. The van der Waals surface area contributed by atoms with E-state index in [2.05, 4.69) is 0 Å². The van der Waals surface area contributed by atoms with Gasteiger partial charge >= 0.3 is 0 Å². The minimum atomic E-state index is 0.0675. The normalized spacial score (nSPS) is 14.8. The summed E-state index contributed by atoms with van der Waals surface area (Å²) in [6.45, 7) is 6.42. The largest absolute Gasteiger partial charge is 0.339 e. The number of hydrogen-bond donors (Lipinski definition) is 0. The van der Waals surface area contributed by atoms with E-state index in [1.165, 1.54) is 0 Å². The molecule has 0 unspecified atom stereocenters. The lowest BCUT2D eigenvalue weighted by Crippen LogP contribution is -2.51. The van der Waals surface area contributed by atoms with Crippen molar-refractivity contribution in [3.63, 3.8) is 0 Å². The minimum absolute atomic E-state index is 0.0675. The van der Waals surface area contributed by atoms with Crippen LogP contribution in [0.25, 0.3) is 0 Å². The number of amides is 2. The van der Waals surface area contributed by atoms with Gasteiger partial charge in [-0.2, -0.15) is 0 Å². The van der Waals surface area contributed by atoms with Gasteiger partial charge in [-0.3, -0.25) is 9.59 Å². The van der Waals surface area contributed by atoms with Gasteiger partial charge in [0, 0.05) is 36.6 Å². The number of rotatable bonds is 3. The topological polar surface area (TPSA) is 40.6 Å². The van der Waals surface area contributed by atoms with Crippen LogP contribution in [-0.4, -0.2) is 47.8 Å². The molecular weight excluding hydrogens is 320 g/mol. The lowest BCUT2D eigenvalue weighted by Gasteiger charge is -2.35. The van der Waals surface area contributed by atoms with Crippen molar-refractivity contribution in [3.8, 4) is 0 Å². The molecule has 24 heavy (non-hydrogen) atoms. The lowest BCUT2D eigenvalue weighted by atomic mass is 10.0. The van der Waals surface area contributed by atoms with Crippen LogP contribution < -0.4 is 0 Å². The second-order valence-corrected chi connectivity index (χ2v) is 7.28. The molecule has 1 aliphatic rings. The number of benzene rings is 1. The SMILES string of the molecule is Cc1ccc(C(=O)N2CCN(C(=O)Cc3cccs3)CC2)c(C)c1. The number of carbonyl (C=O) groups excluding carboxylic acids is 2. The van der Waals surface area contributed by atoms with Gasteiger partial charge in [-0.15, -0.1) is 11.3 Å². The van der Waals surface area contributed by atoms with E-state index in [9.17, 15) is 9.59 Å².